The fourth-order valence-electron chi connectivity index (χ4n) is 3.33. The van der Waals surface area contributed by atoms with Crippen molar-refractivity contribution in [1.82, 2.24) is 9.97 Å². The monoisotopic (exact) mass is 393 g/mol. The summed E-state index contributed by atoms with van der Waals surface area (Å²) in [6.45, 7) is 1.02. The number of carboxylic acids is 1. The van der Waals surface area contributed by atoms with Crippen LogP contribution in [0.4, 0.5) is 14.5 Å². The van der Waals surface area contributed by atoms with E-state index in [1.165, 1.54) is 12.1 Å². The molecule has 2 atom stereocenters. The van der Waals surface area contributed by atoms with Gasteiger partial charge >= 0.3 is 12.6 Å². The number of carboxylic acid groups (broad SMARTS) is 1. The normalized spacial score (nSPS) is 19.2. The molecule has 1 aliphatic rings. The number of aromatic nitrogens is 2. The molecule has 2 aromatic rings. The summed E-state index contributed by atoms with van der Waals surface area (Å²) < 4.78 is 35.6. The van der Waals surface area contributed by atoms with Crippen LogP contribution < -0.4 is 9.64 Å². The van der Waals surface area contributed by atoms with Crippen LogP contribution in [-0.2, 0) is 4.74 Å². The minimum Gasteiger partial charge on any atom is -0.478 e. The summed E-state index contributed by atoms with van der Waals surface area (Å²) in [5.74, 6) is -0.000402. The van der Waals surface area contributed by atoms with Crippen molar-refractivity contribution in [1.29, 1.82) is 0 Å². The van der Waals surface area contributed by atoms with Gasteiger partial charge in [0.25, 0.3) is 0 Å². The van der Waals surface area contributed by atoms with Crippen LogP contribution in [0, 0.1) is 13.8 Å². The lowest BCUT2D eigenvalue weighted by atomic mass is 10.1. The second-order valence-corrected chi connectivity index (χ2v) is 6.62. The van der Waals surface area contributed by atoms with Crippen LogP contribution in [0.2, 0.25) is 0 Å². The zero-order valence-corrected chi connectivity index (χ0v) is 15.5. The molecule has 0 bridgehead atoms. The third-order valence-corrected chi connectivity index (χ3v) is 4.47. The Morgan fingerprint density at radius 2 is 2.00 bits per heavy atom. The molecule has 0 unspecified atom stereocenters. The third kappa shape index (κ3) is 4.92. The highest BCUT2D eigenvalue weighted by Crippen LogP contribution is 2.29. The van der Waals surface area contributed by atoms with Gasteiger partial charge in [0.05, 0.1) is 24.8 Å². The van der Waals surface area contributed by atoms with E-state index in [9.17, 15) is 13.6 Å². The Balaban J connectivity index is 1.77. The molecule has 2 heterocycles. The summed E-state index contributed by atoms with van der Waals surface area (Å²) in [7, 11) is 0. The summed E-state index contributed by atoms with van der Waals surface area (Å²) in [5, 5.41) is 9.04. The lowest BCUT2D eigenvalue weighted by molar-refractivity contribution is -0.131. The molecule has 1 aromatic carbocycles. The van der Waals surface area contributed by atoms with Gasteiger partial charge in [-0.1, -0.05) is 0 Å². The summed E-state index contributed by atoms with van der Waals surface area (Å²) in [6.07, 6.45) is 0.189. The average Bonchev–Trinajstić information content (AvgIpc) is 3.01. The Hall–Kier alpha value is -2.81. The number of anilines is 1. The summed E-state index contributed by atoms with van der Waals surface area (Å²) in [6, 6.07) is 7.66. The Morgan fingerprint density at radius 1 is 1.29 bits per heavy atom. The maximum Gasteiger partial charge on any atom is 0.345 e. The van der Waals surface area contributed by atoms with E-state index in [0.717, 1.165) is 5.69 Å². The number of ether oxygens (including phenoxy) is 2. The summed E-state index contributed by atoms with van der Waals surface area (Å²) in [4.78, 5) is 21.4. The number of halogens is 2. The van der Waals surface area contributed by atoms with Gasteiger partial charge in [-0.3, -0.25) is 0 Å². The van der Waals surface area contributed by atoms with Crippen molar-refractivity contribution in [2.75, 3.05) is 18.1 Å². The van der Waals surface area contributed by atoms with Gasteiger partial charge in [-0.05, 0) is 38.1 Å². The van der Waals surface area contributed by atoms with Crippen LogP contribution in [-0.4, -0.2) is 53.0 Å². The van der Waals surface area contributed by atoms with Crippen LogP contribution >= 0.6 is 0 Å². The lowest BCUT2D eigenvalue weighted by Gasteiger charge is -2.26. The fraction of sp³-hybridized carbons (Fsp3) is 0.421. The van der Waals surface area contributed by atoms with Crippen molar-refractivity contribution < 1.29 is 28.2 Å². The first kappa shape index (κ1) is 19.9. The molecule has 1 N–H and O–H groups in total. The summed E-state index contributed by atoms with van der Waals surface area (Å²) >= 11 is 0. The number of nitrogens with zero attached hydrogens (tertiary/aromatic N) is 3. The largest absolute Gasteiger partial charge is 0.478 e. The molecule has 9 heteroatoms. The first-order chi connectivity index (χ1) is 13.3. The Morgan fingerprint density at radius 3 is 2.61 bits per heavy atom. The first-order valence-corrected chi connectivity index (χ1v) is 8.80. The SMILES string of the molecule is Cc1cc(O[C@H]2C[C@@H](COC(F)F)N(c3ccc(C(=O)O)cc3)C2)nc(C)n1. The molecule has 1 aliphatic heterocycles. The predicted molar refractivity (Wildman–Crippen MR) is 97.0 cm³/mol. The topological polar surface area (TPSA) is 84.8 Å². The van der Waals surface area contributed by atoms with E-state index in [-0.39, 0.29) is 24.3 Å². The smallest absolute Gasteiger partial charge is 0.345 e. The highest BCUT2D eigenvalue weighted by Gasteiger charge is 2.34. The number of benzene rings is 1. The van der Waals surface area contributed by atoms with Crippen molar-refractivity contribution in [2.24, 2.45) is 0 Å². The molecular formula is C19H21F2N3O4. The van der Waals surface area contributed by atoms with Gasteiger partial charge in [0, 0.05) is 23.9 Å². The number of hydrogen-bond donors (Lipinski definition) is 1. The number of carbonyl (C=O) groups is 1. The maximum atomic E-state index is 12.5. The van der Waals surface area contributed by atoms with Gasteiger partial charge < -0.3 is 19.5 Å². The molecule has 1 saturated heterocycles. The van der Waals surface area contributed by atoms with Crippen LogP contribution in [0.15, 0.2) is 30.3 Å². The molecule has 150 valence electrons. The minimum absolute atomic E-state index is 0.156. The van der Waals surface area contributed by atoms with Crippen LogP contribution in [0.25, 0.3) is 0 Å². The molecule has 3 rings (SSSR count). The number of rotatable bonds is 7. The van der Waals surface area contributed by atoms with E-state index in [1.54, 1.807) is 25.1 Å². The van der Waals surface area contributed by atoms with E-state index >= 15 is 0 Å². The quantitative estimate of drug-likeness (QED) is 0.774. The maximum absolute atomic E-state index is 12.5. The average molecular weight is 393 g/mol. The van der Waals surface area contributed by atoms with Crippen LogP contribution in [0.1, 0.15) is 28.3 Å². The molecule has 7 nitrogen and oxygen atoms in total. The second kappa shape index (κ2) is 8.47. The van der Waals surface area contributed by atoms with E-state index in [1.807, 2.05) is 11.8 Å². The van der Waals surface area contributed by atoms with E-state index in [0.29, 0.717) is 30.4 Å². The highest BCUT2D eigenvalue weighted by atomic mass is 19.3. The highest BCUT2D eigenvalue weighted by molar-refractivity contribution is 5.88. The number of aromatic carboxylic acids is 1. The minimum atomic E-state index is -2.86. The molecule has 0 saturated carbocycles. The van der Waals surface area contributed by atoms with E-state index in [4.69, 9.17) is 9.84 Å². The Bertz CT molecular complexity index is 812. The van der Waals surface area contributed by atoms with Gasteiger partial charge in [0.1, 0.15) is 11.9 Å². The van der Waals surface area contributed by atoms with Gasteiger partial charge in [0.2, 0.25) is 5.88 Å². The van der Waals surface area contributed by atoms with Crippen molar-refractivity contribution >= 4 is 11.7 Å². The Labute approximate surface area is 160 Å². The number of alkyl halides is 2. The molecule has 0 radical (unpaired) electrons. The fourth-order valence-corrected chi connectivity index (χ4v) is 3.33. The van der Waals surface area contributed by atoms with Gasteiger partial charge in [-0.2, -0.15) is 13.8 Å². The van der Waals surface area contributed by atoms with Gasteiger partial charge in [-0.15, -0.1) is 0 Å². The van der Waals surface area contributed by atoms with E-state index < -0.39 is 12.6 Å². The molecule has 0 amide bonds. The van der Waals surface area contributed by atoms with E-state index in [2.05, 4.69) is 14.7 Å². The van der Waals surface area contributed by atoms with Crippen molar-refractivity contribution in [3.8, 4) is 5.88 Å². The lowest BCUT2D eigenvalue weighted by Crippen LogP contribution is -2.34. The van der Waals surface area contributed by atoms with Crippen molar-refractivity contribution in [3.63, 3.8) is 0 Å². The molecular weight excluding hydrogens is 372 g/mol. The molecule has 0 spiro atoms. The Kier molecular flexibility index (Phi) is 6.03. The molecule has 28 heavy (non-hydrogen) atoms. The van der Waals surface area contributed by atoms with Gasteiger partial charge in [-0.25, -0.2) is 9.78 Å². The molecule has 1 fully saturated rings. The summed E-state index contributed by atoms with van der Waals surface area (Å²) in [5.41, 5.74) is 1.65. The number of hydrogen-bond acceptors (Lipinski definition) is 6. The van der Waals surface area contributed by atoms with Crippen molar-refractivity contribution in [2.45, 2.75) is 39.0 Å². The zero-order chi connectivity index (χ0) is 20.3. The van der Waals surface area contributed by atoms with Gasteiger partial charge in [0.15, 0.2) is 0 Å². The second-order valence-electron chi connectivity index (χ2n) is 6.62. The predicted octanol–water partition coefficient (Wildman–Crippen LogP) is 3.06. The van der Waals surface area contributed by atoms with Crippen LogP contribution in [0.3, 0.4) is 0 Å². The zero-order valence-electron chi connectivity index (χ0n) is 15.5. The molecule has 1 aromatic heterocycles. The third-order valence-electron chi connectivity index (χ3n) is 4.47. The van der Waals surface area contributed by atoms with Crippen molar-refractivity contribution in [3.05, 3.63) is 47.4 Å². The number of aryl methyl sites for hydroxylation is 2. The first-order valence-electron chi connectivity index (χ1n) is 8.80. The molecule has 0 aliphatic carbocycles. The standard InChI is InChI=1S/C19H21F2N3O4/c1-11-7-17(23-12(2)22-11)28-16-8-15(10-27-19(20)21)24(9-16)14-5-3-13(4-6-14)18(25)26/h3-7,15-16,19H,8-10H2,1-2H3,(H,25,26)/t15-,16-/m0/s1. The van der Waals surface area contributed by atoms with Crippen LogP contribution in [0.5, 0.6) is 5.88 Å².